The van der Waals surface area contributed by atoms with E-state index in [9.17, 15) is 22.8 Å². The van der Waals surface area contributed by atoms with E-state index in [4.69, 9.17) is 4.74 Å². The molecule has 32 heavy (non-hydrogen) atoms. The number of sulfonamides is 1. The van der Waals surface area contributed by atoms with Crippen molar-refractivity contribution in [1.29, 1.82) is 0 Å². The van der Waals surface area contributed by atoms with E-state index in [0.717, 1.165) is 23.3 Å². The average Bonchev–Trinajstić information content (AvgIpc) is 3.36. The van der Waals surface area contributed by atoms with E-state index in [2.05, 4.69) is 10.0 Å². The molecular formula is C22H23N3O6S. The molecule has 0 bridgehead atoms. The van der Waals surface area contributed by atoms with Gasteiger partial charge in [0.15, 0.2) is 0 Å². The highest BCUT2D eigenvalue weighted by molar-refractivity contribution is 7.89. The van der Waals surface area contributed by atoms with Crippen molar-refractivity contribution in [2.75, 3.05) is 29.9 Å². The second kappa shape index (κ2) is 8.81. The van der Waals surface area contributed by atoms with E-state index in [1.165, 1.54) is 24.3 Å². The minimum Gasteiger partial charge on any atom is -0.377 e. The lowest BCUT2D eigenvalue weighted by Crippen LogP contribution is -2.37. The topological polar surface area (TPSA) is 122 Å². The zero-order valence-electron chi connectivity index (χ0n) is 17.5. The fraction of sp³-hybridized carbons (Fsp3) is 0.318. The number of ketones is 1. The molecule has 0 radical (unpaired) electrons. The normalized spacial score (nSPS) is 18.2. The molecule has 4 rings (SSSR count). The minimum atomic E-state index is -3.70. The van der Waals surface area contributed by atoms with Crippen LogP contribution in [-0.4, -0.2) is 51.8 Å². The van der Waals surface area contributed by atoms with Gasteiger partial charge in [0.2, 0.25) is 15.9 Å². The number of aryl methyl sites for hydroxylation is 1. The van der Waals surface area contributed by atoms with Crippen molar-refractivity contribution in [1.82, 2.24) is 4.72 Å². The third-order valence-corrected chi connectivity index (χ3v) is 6.84. The molecule has 1 unspecified atom stereocenters. The Morgan fingerprint density at radius 1 is 1.16 bits per heavy atom. The number of carbonyl (C=O) groups is 3. The maximum Gasteiger partial charge on any atom is 0.299 e. The first-order chi connectivity index (χ1) is 15.2. The maximum atomic E-state index is 12.5. The van der Waals surface area contributed by atoms with Crippen molar-refractivity contribution in [3.8, 4) is 0 Å². The summed E-state index contributed by atoms with van der Waals surface area (Å²) >= 11 is 0. The Balaban J connectivity index is 1.38. The van der Waals surface area contributed by atoms with Gasteiger partial charge in [-0.1, -0.05) is 11.6 Å². The lowest BCUT2D eigenvalue weighted by molar-refractivity contribution is -0.118. The van der Waals surface area contributed by atoms with Crippen LogP contribution in [0, 0.1) is 6.92 Å². The van der Waals surface area contributed by atoms with Gasteiger partial charge in [-0.2, -0.15) is 0 Å². The molecule has 1 fully saturated rings. The third-order valence-electron chi connectivity index (χ3n) is 5.40. The highest BCUT2D eigenvalue weighted by atomic mass is 32.2. The van der Waals surface area contributed by atoms with Crippen LogP contribution in [-0.2, 0) is 24.3 Å². The fourth-order valence-corrected chi connectivity index (χ4v) is 4.79. The monoisotopic (exact) mass is 457 g/mol. The number of hydrogen-bond acceptors (Lipinski definition) is 6. The molecule has 2 heterocycles. The Bertz CT molecular complexity index is 1170. The van der Waals surface area contributed by atoms with Crippen LogP contribution in [0.5, 0.6) is 0 Å². The number of fused-ring (bicyclic) bond motifs is 1. The molecule has 2 aromatic rings. The van der Waals surface area contributed by atoms with Gasteiger partial charge in [0.05, 0.1) is 22.3 Å². The number of ether oxygens (including phenoxy) is 1. The average molecular weight is 458 g/mol. The molecule has 2 amide bonds. The van der Waals surface area contributed by atoms with E-state index in [1.807, 2.05) is 6.92 Å². The van der Waals surface area contributed by atoms with Crippen LogP contribution in [0.25, 0.3) is 0 Å². The molecule has 1 atom stereocenters. The summed E-state index contributed by atoms with van der Waals surface area (Å²) in [6, 6.07) is 10.7. The van der Waals surface area contributed by atoms with Gasteiger partial charge in [-0.3, -0.25) is 19.3 Å². The molecule has 2 aromatic carbocycles. The van der Waals surface area contributed by atoms with Crippen LogP contribution in [0.2, 0.25) is 0 Å². The van der Waals surface area contributed by atoms with Crippen LogP contribution in [0.3, 0.4) is 0 Å². The van der Waals surface area contributed by atoms with Gasteiger partial charge in [0.1, 0.15) is 6.54 Å². The Kier molecular flexibility index (Phi) is 6.09. The van der Waals surface area contributed by atoms with Crippen molar-refractivity contribution < 1.29 is 27.5 Å². The lowest BCUT2D eigenvalue weighted by atomic mass is 10.1. The number of nitrogens with zero attached hydrogens (tertiary/aromatic N) is 1. The van der Waals surface area contributed by atoms with Gasteiger partial charge in [0.25, 0.3) is 11.7 Å². The van der Waals surface area contributed by atoms with E-state index < -0.39 is 27.6 Å². The second-order valence-corrected chi connectivity index (χ2v) is 9.57. The number of carbonyl (C=O) groups excluding carboxylic acids is 3. The molecular weight excluding hydrogens is 434 g/mol. The summed E-state index contributed by atoms with van der Waals surface area (Å²) in [5, 5.41) is 2.62. The number of hydrogen-bond donors (Lipinski definition) is 2. The molecule has 9 nitrogen and oxygen atoms in total. The van der Waals surface area contributed by atoms with Crippen LogP contribution in [0.1, 0.15) is 28.8 Å². The van der Waals surface area contributed by atoms with Gasteiger partial charge < -0.3 is 10.1 Å². The first kappa shape index (κ1) is 22.1. The van der Waals surface area contributed by atoms with Crippen molar-refractivity contribution in [2.24, 2.45) is 0 Å². The van der Waals surface area contributed by atoms with Gasteiger partial charge >= 0.3 is 0 Å². The highest BCUT2D eigenvalue weighted by Crippen LogP contribution is 2.29. The van der Waals surface area contributed by atoms with E-state index in [0.29, 0.717) is 18.0 Å². The number of amides is 2. The predicted molar refractivity (Wildman–Crippen MR) is 117 cm³/mol. The fourth-order valence-electron chi connectivity index (χ4n) is 3.72. The molecule has 1 saturated heterocycles. The Morgan fingerprint density at radius 3 is 2.59 bits per heavy atom. The number of Topliss-reactive ketones (excluding diaryl/α,β-unsaturated/α-hetero) is 1. The summed E-state index contributed by atoms with van der Waals surface area (Å²) < 4.78 is 32.8. The number of anilines is 2. The van der Waals surface area contributed by atoms with Crippen molar-refractivity contribution in [2.45, 2.75) is 30.8 Å². The smallest absolute Gasteiger partial charge is 0.299 e. The third kappa shape index (κ3) is 4.57. The summed E-state index contributed by atoms with van der Waals surface area (Å²) in [6.45, 7) is 2.34. The van der Waals surface area contributed by atoms with Crippen LogP contribution in [0.4, 0.5) is 11.4 Å². The first-order valence-corrected chi connectivity index (χ1v) is 11.7. The van der Waals surface area contributed by atoms with Crippen LogP contribution in [0.15, 0.2) is 47.4 Å². The Morgan fingerprint density at radius 2 is 1.91 bits per heavy atom. The lowest BCUT2D eigenvalue weighted by Gasteiger charge is -2.16. The minimum absolute atomic E-state index is 0.0677. The van der Waals surface area contributed by atoms with Gasteiger partial charge in [0, 0.05) is 18.8 Å². The molecule has 168 valence electrons. The van der Waals surface area contributed by atoms with Gasteiger partial charge in [-0.15, -0.1) is 0 Å². The molecule has 0 aromatic heterocycles. The number of rotatable bonds is 7. The molecule has 10 heteroatoms. The molecule has 2 aliphatic heterocycles. The predicted octanol–water partition coefficient (Wildman–Crippen LogP) is 1.62. The first-order valence-electron chi connectivity index (χ1n) is 10.2. The number of benzene rings is 2. The second-order valence-electron chi connectivity index (χ2n) is 7.80. The van der Waals surface area contributed by atoms with Crippen molar-refractivity contribution >= 4 is 39.0 Å². The summed E-state index contributed by atoms with van der Waals surface area (Å²) in [5.74, 6) is -1.90. The molecule has 0 spiro atoms. The van der Waals surface area contributed by atoms with Crippen LogP contribution < -0.4 is 14.9 Å². The van der Waals surface area contributed by atoms with Gasteiger partial charge in [-0.05, 0) is 56.2 Å². The van der Waals surface area contributed by atoms with E-state index in [-0.39, 0.29) is 29.7 Å². The zero-order valence-corrected chi connectivity index (χ0v) is 18.3. The SMILES string of the molecule is Cc1ccc2c(c1)C(=O)C(=O)N2CC(=O)Nc1ccc(S(=O)(=O)NCC2CCCO2)cc1. The van der Waals surface area contributed by atoms with E-state index >= 15 is 0 Å². The van der Waals surface area contributed by atoms with Gasteiger partial charge in [-0.25, -0.2) is 13.1 Å². The quantitative estimate of drug-likeness (QED) is 0.610. The van der Waals surface area contributed by atoms with Crippen molar-refractivity contribution in [3.05, 3.63) is 53.6 Å². The molecule has 0 saturated carbocycles. The number of nitrogens with one attached hydrogen (secondary N) is 2. The van der Waals surface area contributed by atoms with E-state index in [1.54, 1.807) is 18.2 Å². The standard InChI is InChI=1S/C22H23N3O6S/c1-14-4-9-19-18(11-14)21(27)22(28)25(19)13-20(26)24-15-5-7-17(8-6-15)32(29,30)23-12-16-3-2-10-31-16/h4-9,11,16,23H,2-3,10,12-13H2,1H3,(H,24,26). The molecule has 0 aliphatic carbocycles. The Hall–Kier alpha value is -3.08. The highest BCUT2D eigenvalue weighted by Gasteiger charge is 2.36. The summed E-state index contributed by atoms with van der Waals surface area (Å²) in [7, 11) is -3.70. The summed E-state index contributed by atoms with van der Waals surface area (Å²) in [4.78, 5) is 38.1. The zero-order chi connectivity index (χ0) is 22.9. The van der Waals surface area contributed by atoms with Crippen LogP contribution >= 0.6 is 0 Å². The molecule has 2 N–H and O–H groups in total. The van der Waals surface area contributed by atoms with Crippen molar-refractivity contribution in [3.63, 3.8) is 0 Å². The summed E-state index contributed by atoms with van der Waals surface area (Å²) in [5.41, 5.74) is 1.90. The molecule has 2 aliphatic rings. The maximum absolute atomic E-state index is 12.5. The largest absolute Gasteiger partial charge is 0.377 e. The summed E-state index contributed by atoms with van der Waals surface area (Å²) in [6.07, 6.45) is 1.63. The Labute approximate surface area is 185 Å².